The first kappa shape index (κ1) is 14.5. The Morgan fingerprint density at radius 3 is 2.73 bits per heavy atom. The van der Waals surface area contributed by atoms with Gasteiger partial charge in [-0.3, -0.25) is 14.0 Å². The van der Waals surface area contributed by atoms with Crippen molar-refractivity contribution in [1.82, 2.24) is 19.3 Å². The van der Waals surface area contributed by atoms with Crippen LogP contribution in [0.15, 0.2) is 41.6 Å². The number of aromatic nitrogens is 4. The molecule has 0 atom stereocenters. The lowest BCUT2D eigenvalue weighted by atomic mass is 9.97. The van der Waals surface area contributed by atoms with Crippen molar-refractivity contribution in [2.45, 2.75) is 39.8 Å². The summed E-state index contributed by atoms with van der Waals surface area (Å²) in [7, 11) is 0. The Morgan fingerprint density at radius 2 is 2.00 bits per heavy atom. The minimum Gasteiger partial charge on any atom is -0.293 e. The Labute approximate surface area is 129 Å². The highest BCUT2D eigenvalue weighted by Gasteiger charge is 2.12. The van der Waals surface area contributed by atoms with Gasteiger partial charge in [0.2, 0.25) is 0 Å². The van der Waals surface area contributed by atoms with Crippen molar-refractivity contribution < 1.29 is 0 Å². The first-order valence-corrected chi connectivity index (χ1v) is 7.60. The quantitative estimate of drug-likeness (QED) is 0.744. The second kappa shape index (κ2) is 5.75. The fraction of sp³-hybridized carbons (Fsp3) is 0.353. The van der Waals surface area contributed by atoms with Crippen LogP contribution in [0.25, 0.3) is 11.0 Å². The fourth-order valence-corrected chi connectivity index (χ4v) is 2.79. The molecule has 114 valence electrons. The highest BCUT2D eigenvalue weighted by molar-refractivity contribution is 5.72. The van der Waals surface area contributed by atoms with E-state index in [0.717, 1.165) is 5.56 Å². The Bertz CT molecular complexity index is 860. The summed E-state index contributed by atoms with van der Waals surface area (Å²) in [5.41, 5.74) is 3.61. The predicted molar refractivity (Wildman–Crippen MR) is 87.1 cm³/mol. The smallest absolute Gasteiger partial charge is 0.279 e. The molecule has 0 spiro atoms. The molecule has 0 aliphatic heterocycles. The van der Waals surface area contributed by atoms with Gasteiger partial charge in [0.05, 0.1) is 19.1 Å². The molecule has 5 heteroatoms. The first-order valence-electron chi connectivity index (χ1n) is 7.60. The van der Waals surface area contributed by atoms with Crippen molar-refractivity contribution in [1.29, 1.82) is 0 Å². The number of hydrogen-bond acceptors (Lipinski definition) is 3. The van der Waals surface area contributed by atoms with E-state index in [0.29, 0.717) is 30.0 Å². The minimum absolute atomic E-state index is 0.0390. The monoisotopic (exact) mass is 296 g/mol. The zero-order chi connectivity index (χ0) is 15.7. The molecule has 2 heterocycles. The van der Waals surface area contributed by atoms with Crippen LogP contribution in [0, 0.1) is 0 Å². The maximum Gasteiger partial charge on any atom is 0.279 e. The number of aryl methyl sites for hydroxylation is 1. The molecule has 3 rings (SSSR count). The van der Waals surface area contributed by atoms with Gasteiger partial charge in [0, 0.05) is 6.54 Å². The van der Waals surface area contributed by atoms with E-state index in [4.69, 9.17) is 0 Å². The molecule has 0 aliphatic carbocycles. The minimum atomic E-state index is -0.0390. The van der Waals surface area contributed by atoms with Gasteiger partial charge in [-0.2, -0.15) is 5.10 Å². The lowest BCUT2D eigenvalue weighted by Crippen LogP contribution is -2.23. The summed E-state index contributed by atoms with van der Waals surface area (Å²) in [6.07, 6.45) is 3.26. The van der Waals surface area contributed by atoms with Gasteiger partial charge in [0.25, 0.3) is 5.56 Å². The van der Waals surface area contributed by atoms with Crippen LogP contribution < -0.4 is 5.56 Å². The normalized spacial score (nSPS) is 11.5. The van der Waals surface area contributed by atoms with Gasteiger partial charge in [-0.1, -0.05) is 38.1 Å². The van der Waals surface area contributed by atoms with Gasteiger partial charge in [-0.05, 0) is 24.0 Å². The molecular weight excluding hydrogens is 276 g/mol. The molecule has 3 aromatic rings. The molecule has 0 saturated carbocycles. The second-order valence-electron chi connectivity index (χ2n) is 5.73. The predicted octanol–water partition coefficient (Wildman–Crippen LogP) is 2.78. The molecule has 2 aromatic heterocycles. The van der Waals surface area contributed by atoms with Crippen LogP contribution in [-0.4, -0.2) is 19.3 Å². The zero-order valence-electron chi connectivity index (χ0n) is 13.2. The number of hydrogen-bond donors (Lipinski definition) is 0. The lowest BCUT2D eigenvalue weighted by molar-refractivity contribution is 0.668. The van der Waals surface area contributed by atoms with Crippen molar-refractivity contribution in [3.8, 4) is 0 Å². The molecule has 0 amide bonds. The molecule has 0 N–H and O–H groups in total. The summed E-state index contributed by atoms with van der Waals surface area (Å²) < 4.78 is 3.37. The van der Waals surface area contributed by atoms with Gasteiger partial charge in [-0.25, -0.2) is 4.98 Å². The molecule has 5 nitrogen and oxygen atoms in total. The standard InChI is InChI=1S/C17H20N4O/c1-4-21-16-15(9-19-21)18-11-20(17(16)22)10-13-7-5-6-8-14(13)12(2)3/h5-9,11-12H,4,10H2,1-3H3. The molecule has 0 saturated heterocycles. The van der Waals surface area contributed by atoms with E-state index in [1.165, 1.54) is 5.56 Å². The average molecular weight is 296 g/mol. The van der Waals surface area contributed by atoms with Crippen LogP contribution in [0.4, 0.5) is 0 Å². The maximum atomic E-state index is 12.7. The summed E-state index contributed by atoms with van der Waals surface area (Å²) >= 11 is 0. The maximum absolute atomic E-state index is 12.7. The summed E-state index contributed by atoms with van der Waals surface area (Å²) in [6, 6.07) is 8.24. The van der Waals surface area contributed by atoms with Crippen LogP contribution in [0.3, 0.4) is 0 Å². The molecule has 0 fully saturated rings. The first-order chi connectivity index (χ1) is 10.6. The van der Waals surface area contributed by atoms with Crippen molar-refractivity contribution in [3.63, 3.8) is 0 Å². The largest absolute Gasteiger partial charge is 0.293 e. The molecule has 1 aromatic carbocycles. The molecular formula is C17H20N4O. The van der Waals surface area contributed by atoms with Crippen molar-refractivity contribution in [3.05, 3.63) is 58.3 Å². The molecule has 0 radical (unpaired) electrons. The Balaban J connectivity index is 2.09. The molecule has 0 aliphatic rings. The van der Waals surface area contributed by atoms with Gasteiger partial charge in [-0.15, -0.1) is 0 Å². The van der Waals surface area contributed by atoms with E-state index in [1.54, 1.807) is 21.8 Å². The Kier molecular flexibility index (Phi) is 3.79. The third-order valence-electron chi connectivity index (χ3n) is 3.94. The van der Waals surface area contributed by atoms with Crippen LogP contribution in [-0.2, 0) is 13.1 Å². The summed E-state index contributed by atoms with van der Waals surface area (Å²) in [6.45, 7) is 7.49. The van der Waals surface area contributed by atoms with E-state index in [2.05, 4.69) is 36.1 Å². The molecule has 0 bridgehead atoms. The third-order valence-corrected chi connectivity index (χ3v) is 3.94. The highest BCUT2D eigenvalue weighted by Crippen LogP contribution is 2.19. The summed E-state index contributed by atoms with van der Waals surface area (Å²) in [5.74, 6) is 0.421. The Hall–Kier alpha value is -2.43. The van der Waals surface area contributed by atoms with Crippen LogP contribution in [0.5, 0.6) is 0 Å². The number of nitrogens with zero attached hydrogens (tertiary/aromatic N) is 4. The number of benzene rings is 1. The van der Waals surface area contributed by atoms with Crippen molar-refractivity contribution in [2.75, 3.05) is 0 Å². The van der Waals surface area contributed by atoms with E-state index in [9.17, 15) is 4.79 Å². The van der Waals surface area contributed by atoms with E-state index in [-0.39, 0.29) is 5.56 Å². The fourth-order valence-electron chi connectivity index (χ4n) is 2.79. The van der Waals surface area contributed by atoms with Crippen LogP contribution in [0.1, 0.15) is 37.8 Å². The second-order valence-corrected chi connectivity index (χ2v) is 5.73. The number of fused-ring (bicyclic) bond motifs is 1. The topological polar surface area (TPSA) is 52.7 Å². The summed E-state index contributed by atoms with van der Waals surface area (Å²) in [4.78, 5) is 17.1. The average Bonchev–Trinajstić information content (AvgIpc) is 2.94. The molecule has 0 unspecified atom stereocenters. The van der Waals surface area contributed by atoms with Gasteiger partial charge >= 0.3 is 0 Å². The highest BCUT2D eigenvalue weighted by atomic mass is 16.1. The van der Waals surface area contributed by atoms with Crippen LogP contribution in [0.2, 0.25) is 0 Å². The zero-order valence-corrected chi connectivity index (χ0v) is 13.2. The number of rotatable bonds is 4. The SMILES string of the molecule is CCn1ncc2ncn(Cc3ccccc3C(C)C)c(=O)c21. The van der Waals surface area contributed by atoms with E-state index in [1.807, 2.05) is 19.1 Å². The van der Waals surface area contributed by atoms with Crippen LogP contribution >= 0.6 is 0 Å². The van der Waals surface area contributed by atoms with Gasteiger partial charge in [0.15, 0.2) is 5.52 Å². The third kappa shape index (κ3) is 2.43. The lowest BCUT2D eigenvalue weighted by Gasteiger charge is -2.13. The summed E-state index contributed by atoms with van der Waals surface area (Å²) in [5, 5.41) is 4.21. The van der Waals surface area contributed by atoms with Gasteiger partial charge in [0.1, 0.15) is 5.52 Å². The van der Waals surface area contributed by atoms with Crippen molar-refractivity contribution in [2.24, 2.45) is 0 Å². The molecule has 22 heavy (non-hydrogen) atoms. The van der Waals surface area contributed by atoms with E-state index >= 15 is 0 Å². The van der Waals surface area contributed by atoms with Gasteiger partial charge < -0.3 is 0 Å². The van der Waals surface area contributed by atoms with Crippen molar-refractivity contribution >= 4 is 11.0 Å². The van der Waals surface area contributed by atoms with E-state index < -0.39 is 0 Å². The Morgan fingerprint density at radius 1 is 1.23 bits per heavy atom.